The molecule has 0 aliphatic heterocycles. The predicted molar refractivity (Wildman–Crippen MR) is 117 cm³/mol. The smallest absolute Gasteiger partial charge is 0.358 e. The molecule has 0 fully saturated rings. The largest absolute Gasteiger partial charge is 2.00 e. The van der Waals surface area contributed by atoms with E-state index in [1.54, 1.807) is 0 Å². The van der Waals surface area contributed by atoms with Gasteiger partial charge in [0.05, 0.1) is 0 Å². The fourth-order valence-corrected chi connectivity index (χ4v) is 7.87. The van der Waals surface area contributed by atoms with E-state index in [-0.39, 0.29) is 31.3 Å². The van der Waals surface area contributed by atoms with Gasteiger partial charge < -0.3 is 14.9 Å². The van der Waals surface area contributed by atoms with Gasteiger partial charge in [-0.25, -0.2) is 0 Å². The molecule has 3 heteroatoms. The van der Waals surface area contributed by atoms with Crippen LogP contribution in [0.3, 0.4) is 0 Å². The van der Waals surface area contributed by atoms with Crippen molar-refractivity contribution < 1.29 is 16.5 Å². The topological polar surface area (TPSA) is 0 Å². The maximum absolute atomic E-state index is 2.46. The third-order valence-electron chi connectivity index (χ3n) is 3.48. The van der Waals surface area contributed by atoms with Crippen molar-refractivity contribution in [3.63, 3.8) is 0 Å². The van der Waals surface area contributed by atoms with Gasteiger partial charge in [0, 0.05) is 16.1 Å². The first kappa shape index (κ1) is 35.1. The molecule has 0 saturated carbocycles. The summed E-state index contributed by atoms with van der Waals surface area (Å²) >= 11 is 0. The average Bonchev–Trinajstić information content (AvgIpc) is 2.12. The molecule has 0 aliphatic rings. The van der Waals surface area contributed by atoms with Crippen LogP contribution in [0, 0.1) is 26.7 Å². The molecule has 0 aliphatic carbocycles. The Kier molecular flexibility index (Phi) is 27.1. The summed E-state index contributed by atoms with van der Waals surface area (Å²) < 4.78 is 0. The maximum atomic E-state index is 2.46. The third kappa shape index (κ3) is 35.0. The molecule has 0 N–H and O–H groups in total. The van der Waals surface area contributed by atoms with Gasteiger partial charge in [0.1, 0.15) is 0 Å². The molecule has 0 saturated heterocycles. The molecule has 0 aromatic heterocycles. The monoisotopic (exact) mass is 404 g/mol. The number of hydrogen-bond donors (Lipinski definition) is 0. The van der Waals surface area contributed by atoms with Crippen molar-refractivity contribution >= 4 is 16.1 Å². The van der Waals surface area contributed by atoms with Crippen molar-refractivity contribution in [3.8, 4) is 0 Å². The molecule has 148 valence electrons. The Balaban J connectivity index is -0.0000000831. The van der Waals surface area contributed by atoms with E-state index in [0.717, 1.165) is 11.8 Å². The van der Waals surface area contributed by atoms with E-state index < -0.39 is 16.1 Å². The summed E-state index contributed by atoms with van der Waals surface area (Å²) in [5.74, 6) is 1.94. The average molecular weight is 405 g/mol. The summed E-state index contributed by atoms with van der Waals surface area (Å²) in [5, 5.41) is 0. The van der Waals surface area contributed by atoms with Gasteiger partial charge in [0.25, 0.3) is 0 Å². The van der Waals surface area contributed by atoms with Crippen molar-refractivity contribution in [2.24, 2.45) is 11.8 Å². The van der Waals surface area contributed by atoms with Gasteiger partial charge in [-0.2, -0.15) is 0 Å². The molecule has 0 amide bonds. The van der Waals surface area contributed by atoms with E-state index in [0.29, 0.717) is 0 Å². The van der Waals surface area contributed by atoms with Gasteiger partial charge in [-0.15, -0.1) is 0 Å². The molecule has 0 spiro atoms. The van der Waals surface area contributed by atoms with E-state index >= 15 is 0 Å². The molecule has 0 heterocycles. The number of hydrogen-bond acceptors (Lipinski definition) is 0. The van der Waals surface area contributed by atoms with Crippen LogP contribution in [0.1, 0.15) is 53.4 Å². The molecule has 2 unspecified atom stereocenters. The van der Waals surface area contributed by atoms with Crippen molar-refractivity contribution in [2.75, 3.05) is 0 Å². The summed E-state index contributed by atoms with van der Waals surface area (Å²) in [7, 11) is -1.52. The normalized spacial score (nSPS) is 13.3. The number of rotatable bonds is 8. The second-order valence-corrected chi connectivity index (χ2v) is 20.4. The van der Waals surface area contributed by atoms with Crippen LogP contribution >= 0.6 is 0 Å². The van der Waals surface area contributed by atoms with Crippen molar-refractivity contribution in [1.29, 1.82) is 0 Å². The van der Waals surface area contributed by atoms with Crippen LogP contribution in [-0.2, 0) is 16.5 Å². The minimum atomic E-state index is -0.758. The summed E-state index contributed by atoms with van der Waals surface area (Å²) in [6.45, 7) is 24.1. The van der Waals surface area contributed by atoms with E-state index in [1.165, 1.54) is 37.8 Å². The Morgan fingerprint density at radius 2 is 0.826 bits per heavy atom. The van der Waals surface area contributed by atoms with Gasteiger partial charge >= 0.3 is 16.5 Å². The molecule has 0 aromatic carbocycles. The van der Waals surface area contributed by atoms with Crippen LogP contribution < -0.4 is 0 Å². The molecular formula is C20H50NiSi2. The predicted octanol–water partition coefficient (Wildman–Crippen LogP) is 8.42. The molecule has 0 bridgehead atoms. The zero-order valence-electron chi connectivity index (χ0n) is 18.7. The van der Waals surface area contributed by atoms with Crippen LogP contribution in [0.15, 0.2) is 0 Å². The van der Waals surface area contributed by atoms with Crippen LogP contribution in [0.25, 0.3) is 0 Å². The molecule has 0 radical (unpaired) electrons. The summed E-state index contributed by atoms with van der Waals surface area (Å²) in [6, 6.07) is 3.00. The Bertz CT molecular complexity index is 193. The SMILES string of the molecule is CCCC(C)C[Si](C)(C)C.CCCC(C)C[Si](C)(C)C.[CH3-].[CH3-].[Ni+2]. The Labute approximate surface area is 163 Å². The van der Waals surface area contributed by atoms with Gasteiger partial charge in [-0.1, -0.05) is 105 Å². The van der Waals surface area contributed by atoms with Crippen LogP contribution in [-0.4, -0.2) is 16.1 Å². The first-order chi connectivity index (χ1) is 8.91. The molecule has 23 heavy (non-hydrogen) atoms. The molecule has 0 rings (SSSR count). The van der Waals surface area contributed by atoms with Gasteiger partial charge in [0.15, 0.2) is 0 Å². The molecule has 0 aromatic rings. The summed E-state index contributed by atoms with van der Waals surface area (Å²) in [5.41, 5.74) is 0. The van der Waals surface area contributed by atoms with Crippen LogP contribution in [0.4, 0.5) is 0 Å². The quantitative estimate of drug-likeness (QED) is 0.281. The van der Waals surface area contributed by atoms with E-state index in [2.05, 4.69) is 67.0 Å². The van der Waals surface area contributed by atoms with Crippen molar-refractivity contribution in [1.82, 2.24) is 0 Å². The minimum Gasteiger partial charge on any atom is -0.358 e. The maximum Gasteiger partial charge on any atom is 2.00 e. The Morgan fingerprint density at radius 3 is 0.957 bits per heavy atom. The zero-order chi connectivity index (χ0) is 16.4. The molecular weight excluding hydrogens is 355 g/mol. The fraction of sp³-hybridized carbons (Fsp3) is 0.900. The minimum absolute atomic E-state index is 0. The molecule has 2 atom stereocenters. The Morgan fingerprint density at radius 1 is 0.609 bits per heavy atom. The zero-order valence-corrected chi connectivity index (χ0v) is 21.7. The van der Waals surface area contributed by atoms with E-state index in [9.17, 15) is 0 Å². The van der Waals surface area contributed by atoms with E-state index in [1.807, 2.05) is 0 Å². The molecule has 0 nitrogen and oxygen atoms in total. The van der Waals surface area contributed by atoms with Gasteiger partial charge in [0.2, 0.25) is 0 Å². The van der Waals surface area contributed by atoms with Gasteiger partial charge in [-0.3, -0.25) is 0 Å². The standard InChI is InChI=1S/2C9H22Si.2CH3.Ni/c2*1-6-7-9(2)8-10(3,4)5;;;/h2*9H,6-8H2,1-5H3;2*1H3;/q;;2*-1;+2. The summed E-state index contributed by atoms with van der Waals surface area (Å²) in [4.78, 5) is 0. The third-order valence-corrected chi connectivity index (χ3v) is 7.33. The van der Waals surface area contributed by atoms with Gasteiger partial charge in [-0.05, 0) is 11.8 Å². The second-order valence-electron chi connectivity index (χ2n) is 9.32. The summed E-state index contributed by atoms with van der Waals surface area (Å²) in [6.07, 6.45) is 5.55. The first-order valence-corrected chi connectivity index (χ1v) is 16.3. The van der Waals surface area contributed by atoms with E-state index in [4.69, 9.17) is 0 Å². The second kappa shape index (κ2) is 17.7. The van der Waals surface area contributed by atoms with Crippen LogP contribution in [0.2, 0.25) is 51.4 Å². The van der Waals surface area contributed by atoms with Crippen molar-refractivity contribution in [2.45, 2.75) is 105 Å². The first-order valence-electron chi connectivity index (χ1n) is 8.91. The fourth-order valence-electron chi connectivity index (χ4n) is 3.28. The van der Waals surface area contributed by atoms with Crippen molar-refractivity contribution in [3.05, 3.63) is 14.9 Å². The Hall–Kier alpha value is 0.927. The van der Waals surface area contributed by atoms with Crippen LogP contribution in [0.5, 0.6) is 0 Å².